The van der Waals surface area contributed by atoms with E-state index in [4.69, 9.17) is 17.3 Å². The van der Waals surface area contributed by atoms with Crippen molar-refractivity contribution < 1.29 is 9.18 Å². The molecule has 1 aromatic rings. The lowest BCUT2D eigenvalue weighted by atomic mass is 10.0. The van der Waals surface area contributed by atoms with Crippen LogP contribution in [-0.2, 0) is 0 Å². The highest BCUT2D eigenvalue weighted by Crippen LogP contribution is 2.26. The molecule has 0 atom stereocenters. The molecule has 76 valence electrons. The molecule has 0 spiro atoms. The van der Waals surface area contributed by atoms with Gasteiger partial charge in [0.2, 0.25) is 0 Å². The number of rotatable bonds is 2. The summed E-state index contributed by atoms with van der Waals surface area (Å²) in [7, 11) is 0. The van der Waals surface area contributed by atoms with Gasteiger partial charge in [0.1, 0.15) is 5.82 Å². The third-order valence-corrected chi connectivity index (χ3v) is 2.74. The summed E-state index contributed by atoms with van der Waals surface area (Å²) in [6.45, 7) is 3.11. The Bertz CT molecular complexity index is 390. The maximum Gasteiger partial charge on any atom is 0.176 e. The Labute approximate surface area is 86.9 Å². The minimum absolute atomic E-state index is 0.139. The molecule has 14 heavy (non-hydrogen) atoms. The number of hydrogen-bond donors (Lipinski definition) is 1. The SMILES string of the molecule is Cc1c(F)cc(C(=O)CN)c(C)c1Cl. The van der Waals surface area contributed by atoms with Gasteiger partial charge in [-0.2, -0.15) is 0 Å². The van der Waals surface area contributed by atoms with E-state index in [1.807, 2.05) is 0 Å². The normalized spacial score (nSPS) is 10.4. The molecule has 2 N–H and O–H groups in total. The molecule has 0 saturated heterocycles. The van der Waals surface area contributed by atoms with E-state index in [9.17, 15) is 9.18 Å². The number of nitrogens with two attached hydrogens (primary N) is 1. The van der Waals surface area contributed by atoms with Crippen LogP contribution < -0.4 is 5.73 Å². The van der Waals surface area contributed by atoms with Crippen LogP contribution in [0.15, 0.2) is 6.07 Å². The lowest BCUT2D eigenvalue weighted by Gasteiger charge is -2.09. The second-order valence-electron chi connectivity index (χ2n) is 3.10. The molecule has 1 rings (SSSR count). The number of hydrogen-bond acceptors (Lipinski definition) is 2. The van der Waals surface area contributed by atoms with Crippen LogP contribution in [0.3, 0.4) is 0 Å². The highest BCUT2D eigenvalue weighted by molar-refractivity contribution is 6.32. The van der Waals surface area contributed by atoms with Crippen molar-refractivity contribution in [3.8, 4) is 0 Å². The Morgan fingerprint density at radius 3 is 2.57 bits per heavy atom. The van der Waals surface area contributed by atoms with Crippen LogP contribution in [0.1, 0.15) is 21.5 Å². The van der Waals surface area contributed by atoms with E-state index >= 15 is 0 Å². The Kier molecular flexibility index (Phi) is 3.24. The summed E-state index contributed by atoms with van der Waals surface area (Å²) in [4.78, 5) is 11.3. The monoisotopic (exact) mass is 215 g/mol. The van der Waals surface area contributed by atoms with E-state index in [0.29, 0.717) is 16.1 Å². The summed E-state index contributed by atoms with van der Waals surface area (Å²) < 4.78 is 13.2. The van der Waals surface area contributed by atoms with Crippen LogP contribution in [0, 0.1) is 19.7 Å². The Hall–Kier alpha value is -0.930. The first-order valence-corrected chi connectivity index (χ1v) is 4.55. The zero-order valence-electron chi connectivity index (χ0n) is 8.03. The summed E-state index contributed by atoms with van der Waals surface area (Å²) in [5.41, 5.74) is 6.40. The van der Waals surface area contributed by atoms with Crippen LogP contribution in [0.4, 0.5) is 4.39 Å². The van der Waals surface area contributed by atoms with Crippen LogP contribution >= 0.6 is 11.6 Å². The molecule has 0 fully saturated rings. The van der Waals surface area contributed by atoms with Gasteiger partial charge in [-0.15, -0.1) is 0 Å². The number of ketones is 1. The summed E-state index contributed by atoms with van der Waals surface area (Å²) in [5.74, 6) is -0.777. The molecule has 0 aliphatic rings. The van der Waals surface area contributed by atoms with E-state index in [-0.39, 0.29) is 17.9 Å². The zero-order chi connectivity index (χ0) is 10.9. The van der Waals surface area contributed by atoms with Crippen molar-refractivity contribution in [3.63, 3.8) is 0 Å². The summed E-state index contributed by atoms with van der Waals surface area (Å²) in [6, 6.07) is 1.19. The smallest absolute Gasteiger partial charge is 0.176 e. The van der Waals surface area contributed by atoms with Crippen molar-refractivity contribution in [1.82, 2.24) is 0 Å². The van der Waals surface area contributed by atoms with Crippen molar-refractivity contribution in [3.05, 3.63) is 33.6 Å². The Balaban J connectivity index is 3.40. The minimum Gasteiger partial charge on any atom is -0.324 e. The fraction of sp³-hybridized carbons (Fsp3) is 0.300. The maximum atomic E-state index is 13.2. The average Bonchev–Trinajstić information content (AvgIpc) is 2.19. The molecule has 0 amide bonds. The van der Waals surface area contributed by atoms with Crippen LogP contribution in [-0.4, -0.2) is 12.3 Å². The molecule has 0 saturated carbocycles. The van der Waals surface area contributed by atoms with E-state index in [0.717, 1.165) is 0 Å². The molecule has 4 heteroatoms. The van der Waals surface area contributed by atoms with Gasteiger partial charge in [0.05, 0.1) is 11.6 Å². The molecule has 0 aliphatic carbocycles. The Morgan fingerprint density at radius 2 is 2.07 bits per heavy atom. The van der Waals surface area contributed by atoms with E-state index in [2.05, 4.69) is 0 Å². The van der Waals surface area contributed by atoms with Crippen molar-refractivity contribution in [2.75, 3.05) is 6.54 Å². The van der Waals surface area contributed by atoms with Gasteiger partial charge in [-0.1, -0.05) is 11.6 Å². The first-order valence-electron chi connectivity index (χ1n) is 4.17. The van der Waals surface area contributed by atoms with Crippen LogP contribution in [0.5, 0.6) is 0 Å². The van der Waals surface area contributed by atoms with Gasteiger partial charge < -0.3 is 5.73 Å². The maximum absolute atomic E-state index is 13.2. The molecular weight excluding hydrogens is 205 g/mol. The van der Waals surface area contributed by atoms with Gasteiger partial charge in [-0.25, -0.2) is 4.39 Å². The van der Waals surface area contributed by atoms with Crippen LogP contribution in [0.25, 0.3) is 0 Å². The molecular formula is C10H11ClFNO. The van der Waals surface area contributed by atoms with Crippen molar-refractivity contribution >= 4 is 17.4 Å². The summed E-state index contributed by atoms with van der Waals surface area (Å²) in [6.07, 6.45) is 0. The van der Waals surface area contributed by atoms with Crippen molar-refractivity contribution in [2.45, 2.75) is 13.8 Å². The predicted molar refractivity (Wildman–Crippen MR) is 54.3 cm³/mol. The second-order valence-corrected chi connectivity index (χ2v) is 3.48. The fourth-order valence-corrected chi connectivity index (χ4v) is 1.44. The third-order valence-electron chi connectivity index (χ3n) is 2.18. The Morgan fingerprint density at radius 1 is 1.50 bits per heavy atom. The lowest BCUT2D eigenvalue weighted by Crippen LogP contribution is -2.15. The molecule has 2 nitrogen and oxygen atoms in total. The number of benzene rings is 1. The molecule has 0 heterocycles. The molecule has 0 bridgehead atoms. The van der Waals surface area contributed by atoms with Crippen molar-refractivity contribution in [1.29, 1.82) is 0 Å². The minimum atomic E-state index is -0.475. The fourth-order valence-electron chi connectivity index (χ4n) is 1.25. The third kappa shape index (κ3) is 1.79. The predicted octanol–water partition coefficient (Wildman–Crippen LogP) is 2.24. The summed E-state index contributed by atoms with van der Waals surface area (Å²) in [5, 5.41) is 0.293. The van der Waals surface area contributed by atoms with E-state index in [1.165, 1.54) is 6.07 Å². The number of carbonyl (C=O) groups excluding carboxylic acids is 1. The van der Waals surface area contributed by atoms with Gasteiger partial charge in [0, 0.05) is 11.1 Å². The highest BCUT2D eigenvalue weighted by Gasteiger charge is 2.14. The largest absolute Gasteiger partial charge is 0.324 e. The molecule has 0 radical (unpaired) electrons. The van der Waals surface area contributed by atoms with Gasteiger partial charge in [0.25, 0.3) is 0 Å². The van der Waals surface area contributed by atoms with Gasteiger partial charge in [0.15, 0.2) is 5.78 Å². The quantitative estimate of drug-likeness (QED) is 0.769. The number of carbonyl (C=O) groups is 1. The number of Topliss-reactive ketones (excluding diaryl/α,β-unsaturated/α-hetero) is 1. The molecule has 0 aromatic heterocycles. The number of halogens is 2. The van der Waals surface area contributed by atoms with Crippen molar-refractivity contribution in [2.24, 2.45) is 5.73 Å². The lowest BCUT2D eigenvalue weighted by molar-refractivity contribution is 0.100. The van der Waals surface area contributed by atoms with E-state index < -0.39 is 5.82 Å². The first kappa shape index (κ1) is 11.1. The van der Waals surface area contributed by atoms with Gasteiger partial charge in [-0.3, -0.25) is 4.79 Å². The standard InChI is InChI=1S/C10H11ClFNO/c1-5-7(9(14)4-13)3-8(12)6(2)10(5)11/h3H,4,13H2,1-2H3. The van der Waals surface area contributed by atoms with Gasteiger partial charge >= 0.3 is 0 Å². The average molecular weight is 216 g/mol. The molecule has 1 aromatic carbocycles. The highest BCUT2D eigenvalue weighted by atomic mass is 35.5. The molecule has 0 aliphatic heterocycles. The van der Waals surface area contributed by atoms with E-state index in [1.54, 1.807) is 13.8 Å². The molecule has 0 unspecified atom stereocenters. The second kappa shape index (κ2) is 4.07. The summed E-state index contributed by atoms with van der Waals surface area (Å²) >= 11 is 5.86. The zero-order valence-corrected chi connectivity index (χ0v) is 8.78. The van der Waals surface area contributed by atoms with Crippen LogP contribution in [0.2, 0.25) is 5.02 Å². The first-order chi connectivity index (χ1) is 6.49. The van der Waals surface area contributed by atoms with Gasteiger partial charge in [-0.05, 0) is 25.5 Å². The topological polar surface area (TPSA) is 43.1 Å².